The molecular weight excluding hydrogens is 940 g/mol. The van der Waals surface area contributed by atoms with Gasteiger partial charge in [-0.05, 0) is 51.9 Å². The fraction of sp³-hybridized carbons (Fsp3) is 0.276. The maximum Gasteiger partial charge on any atom is 0.442 e. The standard InChI is InChI=1S/C29H25F7IN5O9P2.4H3N/c30-27(31,52(46,47)48)17-5-1-14(2-6-17)9-21(23(38)43)39-25(45)22(10-15-3-7-18(8-4-15)28(32,33)53(49,50)51)40-24(44)16-11-19(13-20(37)12-16)26(41-42-26)29(34,35)36;;;;/h1-8,11-13,21-22H,9-10H2,(H2,38,43)(H,39,45)(H,40,44)(H2,46,47,48)(H2,49,50,51);4*1H3/t21-,22-;;;;/m0..../s1. The first-order chi connectivity index (χ1) is 24.2. The second-order valence-corrected chi connectivity index (χ2v) is 16.1. The summed E-state index contributed by atoms with van der Waals surface area (Å²) < 4.78 is 120. The first-order valence-electron chi connectivity index (χ1n) is 14.5. The molecule has 0 spiro atoms. The van der Waals surface area contributed by atoms with Crippen LogP contribution in [0.5, 0.6) is 0 Å². The Morgan fingerprint density at radius 2 is 1.11 bits per heavy atom. The Hall–Kier alpha value is -3.95. The van der Waals surface area contributed by atoms with E-state index in [1.165, 1.54) is 0 Å². The van der Waals surface area contributed by atoms with Gasteiger partial charge in [0, 0.05) is 38.7 Å². The molecule has 1 aliphatic heterocycles. The number of halogens is 8. The third kappa shape index (κ3) is 11.6. The highest BCUT2D eigenvalue weighted by Crippen LogP contribution is 2.60. The maximum absolute atomic E-state index is 14.2. The highest BCUT2D eigenvalue weighted by molar-refractivity contribution is 14.1. The fourth-order valence-corrected chi connectivity index (χ4v) is 6.44. The van der Waals surface area contributed by atoms with Crippen LogP contribution < -0.4 is 41.0 Å². The molecule has 0 saturated heterocycles. The zero-order valence-electron chi connectivity index (χ0n) is 29.0. The van der Waals surface area contributed by atoms with Gasteiger partial charge in [-0.2, -0.15) is 30.7 Å². The molecule has 3 aromatic rings. The zero-order chi connectivity index (χ0) is 39.9. The number of primary amides is 1. The molecule has 0 unspecified atom stereocenters. The number of hydrogen-bond donors (Lipinski definition) is 11. The third-order valence-electron chi connectivity index (χ3n) is 7.75. The minimum atomic E-state index is -5.96. The SMILES string of the molecule is N.N.N.N.NC(=O)[C@H](Cc1ccc(C(F)(F)P(=O)(O)O)cc1)NC(=O)[C@H](Cc1ccc(C(F)(F)P(=O)(O)O)cc1)NC(=O)c1cc(I)cc(C2(C(F)(F)F)N=N2)c1. The summed E-state index contributed by atoms with van der Waals surface area (Å²) in [5.41, 5.74) is -9.66. The van der Waals surface area contributed by atoms with E-state index in [0.29, 0.717) is 24.3 Å². The average Bonchev–Trinajstić information content (AvgIpc) is 3.86. The summed E-state index contributed by atoms with van der Waals surface area (Å²) in [4.78, 5) is 75.3. The number of carbonyl (C=O) groups is 3. The Kier molecular flexibility index (Phi) is 17.5. The van der Waals surface area contributed by atoms with Crippen molar-refractivity contribution in [2.24, 2.45) is 16.0 Å². The van der Waals surface area contributed by atoms with Crippen LogP contribution in [0.15, 0.2) is 77.0 Å². The highest BCUT2D eigenvalue weighted by atomic mass is 127. The topological polar surface area (TPSA) is 381 Å². The lowest BCUT2D eigenvalue weighted by molar-refractivity contribution is -0.166. The minimum Gasteiger partial charge on any atom is -0.368 e. The summed E-state index contributed by atoms with van der Waals surface area (Å²) in [6.07, 6.45) is -6.01. The van der Waals surface area contributed by atoms with Gasteiger partial charge >= 0.3 is 38.4 Å². The molecule has 57 heavy (non-hydrogen) atoms. The van der Waals surface area contributed by atoms with Crippen LogP contribution in [0.4, 0.5) is 30.7 Å². The Morgan fingerprint density at radius 1 is 0.702 bits per heavy atom. The van der Waals surface area contributed by atoms with E-state index in [1.54, 1.807) is 22.6 Å². The number of nitrogens with one attached hydrogen (secondary N) is 2. The second-order valence-electron chi connectivity index (χ2n) is 11.6. The van der Waals surface area contributed by atoms with Gasteiger partial charge in [0.2, 0.25) is 11.8 Å². The van der Waals surface area contributed by atoms with Gasteiger partial charge in [-0.15, -0.1) is 10.2 Å². The first-order valence-corrected chi connectivity index (χ1v) is 18.8. The molecule has 3 aromatic carbocycles. The van der Waals surface area contributed by atoms with Gasteiger partial charge in [-0.1, -0.05) is 48.5 Å². The van der Waals surface area contributed by atoms with Crippen LogP contribution in [-0.4, -0.2) is 55.6 Å². The van der Waals surface area contributed by atoms with Crippen molar-refractivity contribution in [3.63, 3.8) is 0 Å². The van der Waals surface area contributed by atoms with Crippen LogP contribution >= 0.6 is 37.8 Å². The lowest BCUT2D eigenvalue weighted by atomic mass is 9.99. The molecule has 0 saturated carbocycles. The Balaban J connectivity index is 0.00000784. The summed E-state index contributed by atoms with van der Waals surface area (Å²) in [6.45, 7) is 0. The van der Waals surface area contributed by atoms with Crippen molar-refractivity contribution in [3.8, 4) is 0 Å². The van der Waals surface area contributed by atoms with E-state index >= 15 is 0 Å². The molecular formula is C29H37F7IN9O9P2. The number of amides is 3. The van der Waals surface area contributed by atoms with Crippen molar-refractivity contribution in [1.82, 2.24) is 35.2 Å². The Morgan fingerprint density at radius 3 is 1.46 bits per heavy atom. The van der Waals surface area contributed by atoms with Crippen LogP contribution in [0.3, 0.4) is 0 Å². The number of nitrogens with two attached hydrogens (primary N) is 1. The van der Waals surface area contributed by atoms with Crippen LogP contribution in [0, 0.1) is 3.57 Å². The highest BCUT2D eigenvalue weighted by Gasteiger charge is 2.65. The van der Waals surface area contributed by atoms with Crippen molar-refractivity contribution in [1.29, 1.82) is 0 Å². The predicted octanol–water partition coefficient (Wildman–Crippen LogP) is 5.13. The fourth-order valence-electron chi connectivity index (χ4n) is 4.80. The Labute approximate surface area is 331 Å². The molecule has 2 atom stereocenters. The van der Waals surface area contributed by atoms with E-state index in [4.69, 9.17) is 25.3 Å². The van der Waals surface area contributed by atoms with Crippen molar-refractivity contribution < 1.29 is 73.8 Å². The summed E-state index contributed by atoms with van der Waals surface area (Å²) in [5, 5.41) is 10.7. The van der Waals surface area contributed by atoms with E-state index in [0.717, 1.165) is 42.5 Å². The van der Waals surface area contributed by atoms with Crippen LogP contribution in [0.25, 0.3) is 0 Å². The predicted molar refractivity (Wildman–Crippen MR) is 196 cm³/mol. The number of nitrogens with zero attached hydrogens (tertiary/aromatic N) is 2. The first kappa shape index (κ1) is 53.1. The van der Waals surface area contributed by atoms with Crippen molar-refractivity contribution >= 4 is 55.5 Å². The number of carbonyl (C=O) groups excluding carboxylic acids is 3. The van der Waals surface area contributed by atoms with Crippen LogP contribution in [0.1, 0.15) is 38.2 Å². The number of benzene rings is 3. The minimum absolute atomic E-state index is 0. The van der Waals surface area contributed by atoms with Gasteiger partial charge in [-0.3, -0.25) is 23.5 Å². The lowest BCUT2D eigenvalue weighted by Crippen LogP contribution is -2.54. The molecule has 318 valence electrons. The molecule has 0 bridgehead atoms. The van der Waals surface area contributed by atoms with Gasteiger partial charge < -0.3 is 60.5 Å². The second kappa shape index (κ2) is 18.8. The van der Waals surface area contributed by atoms with Gasteiger partial charge in [-0.25, -0.2) is 0 Å². The van der Waals surface area contributed by atoms with Crippen molar-refractivity contribution in [3.05, 3.63) is 104 Å². The van der Waals surface area contributed by atoms with Gasteiger partial charge in [0.15, 0.2) is 0 Å². The van der Waals surface area contributed by atoms with E-state index in [9.17, 15) is 54.2 Å². The summed E-state index contributed by atoms with van der Waals surface area (Å²) in [5.74, 6) is -3.49. The quantitative estimate of drug-likeness (QED) is 0.0568. The van der Waals surface area contributed by atoms with Crippen molar-refractivity contribution in [2.75, 3.05) is 0 Å². The van der Waals surface area contributed by atoms with E-state index in [2.05, 4.69) is 20.9 Å². The van der Waals surface area contributed by atoms with Crippen molar-refractivity contribution in [2.45, 2.75) is 48.1 Å². The van der Waals surface area contributed by atoms with Gasteiger partial charge in [0.25, 0.3) is 5.91 Å². The molecule has 18 nitrogen and oxygen atoms in total. The summed E-state index contributed by atoms with van der Waals surface area (Å²) in [6, 6.07) is 6.11. The molecule has 0 aliphatic carbocycles. The zero-order valence-corrected chi connectivity index (χ0v) is 32.9. The van der Waals surface area contributed by atoms with Gasteiger partial charge in [0.05, 0.1) is 0 Å². The summed E-state index contributed by atoms with van der Waals surface area (Å²) >= 11 is 1.63. The van der Waals surface area contributed by atoms with Crippen LogP contribution in [0.2, 0.25) is 0 Å². The van der Waals surface area contributed by atoms with Gasteiger partial charge in [0.1, 0.15) is 12.1 Å². The average molecular weight is 978 g/mol. The molecule has 20 N–H and O–H groups in total. The molecule has 3 amide bonds. The molecule has 0 radical (unpaired) electrons. The monoisotopic (exact) mass is 977 g/mol. The molecule has 4 rings (SSSR count). The lowest BCUT2D eigenvalue weighted by Gasteiger charge is -2.23. The number of alkyl halides is 7. The largest absolute Gasteiger partial charge is 0.442 e. The normalized spacial score (nSPS) is 14.6. The van der Waals surface area contributed by atoms with E-state index < -0.39 is 103 Å². The number of hydrogen-bond acceptors (Lipinski definition) is 11. The summed E-state index contributed by atoms with van der Waals surface area (Å²) in [7, 11) is -11.9. The third-order valence-corrected chi connectivity index (χ3v) is 10.4. The van der Waals surface area contributed by atoms with Crippen LogP contribution in [-0.2, 0) is 48.6 Å². The van der Waals surface area contributed by atoms with E-state index in [1.807, 2.05) is 0 Å². The molecule has 0 aromatic heterocycles. The molecule has 28 heteroatoms. The van der Waals surface area contributed by atoms with E-state index in [-0.39, 0.29) is 39.3 Å². The molecule has 1 heterocycles. The number of rotatable bonds is 14. The maximum atomic E-state index is 14.2. The Bertz CT molecular complexity index is 2050. The smallest absolute Gasteiger partial charge is 0.368 e. The molecule has 0 fully saturated rings. The molecule has 1 aliphatic rings.